The minimum absolute atomic E-state index is 0.825. The second-order valence-corrected chi connectivity index (χ2v) is 3.97. The number of aromatic nitrogens is 3. The van der Waals surface area contributed by atoms with Gasteiger partial charge in [-0.15, -0.1) is 5.10 Å². The van der Waals surface area contributed by atoms with E-state index in [0.29, 0.717) is 0 Å². The number of benzene rings is 1. The van der Waals surface area contributed by atoms with Gasteiger partial charge >= 0.3 is 0 Å². The maximum atomic E-state index is 5.84. The molecule has 2 rings (SSSR count). The number of nitrogens with one attached hydrogen (secondary N) is 1. The molecule has 17 heavy (non-hydrogen) atoms. The molecule has 0 bridgehead atoms. The first-order valence-corrected chi connectivity index (χ1v) is 5.70. The quantitative estimate of drug-likeness (QED) is 0.606. The molecule has 1 aromatic heterocycles. The molecule has 90 valence electrons. The maximum Gasteiger partial charge on any atom is 0.0692 e. The zero-order valence-corrected chi connectivity index (χ0v) is 9.93. The van der Waals surface area contributed by atoms with Crippen molar-refractivity contribution in [3.8, 4) is 0 Å². The molecule has 0 aliphatic rings. The third-order valence-corrected chi connectivity index (χ3v) is 2.73. The van der Waals surface area contributed by atoms with Gasteiger partial charge in [-0.2, -0.15) is 0 Å². The SMILES string of the molecule is Cc1c(N)cccc1NCCCn1ccnn1. The normalized spacial score (nSPS) is 10.4. The number of hydrogen-bond donors (Lipinski definition) is 2. The fourth-order valence-electron chi connectivity index (χ4n) is 1.66. The average molecular weight is 231 g/mol. The molecule has 0 aliphatic carbocycles. The van der Waals surface area contributed by atoms with Crippen LogP contribution in [0.5, 0.6) is 0 Å². The van der Waals surface area contributed by atoms with Gasteiger partial charge in [0.1, 0.15) is 0 Å². The zero-order valence-electron chi connectivity index (χ0n) is 9.93. The van der Waals surface area contributed by atoms with E-state index in [1.54, 1.807) is 6.20 Å². The summed E-state index contributed by atoms with van der Waals surface area (Å²) in [6.45, 7) is 3.79. The van der Waals surface area contributed by atoms with Crippen molar-refractivity contribution in [2.24, 2.45) is 0 Å². The van der Waals surface area contributed by atoms with Crippen molar-refractivity contribution in [1.29, 1.82) is 0 Å². The summed E-state index contributed by atoms with van der Waals surface area (Å²) in [5.74, 6) is 0. The Labute approximate surface area is 101 Å². The standard InChI is InChI=1S/C12H17N5/c1-10-11(13)4-2-5-12(10)14-6-3-8-17-9-7-15-16-17/h2,4-5,7,9,14H,3,6,8,13H2,1H3. The number of nitrogens with two attached hydrogens (primary N) is 1. The Balaban J connectivity index is 1.80. The van der Waals surface area contributed by atoms with Crippen LogP contribution < -0.4 is 11.1 Å². The lowest BCUT2D eigenvalue weighted by Gasteiger charge is -2.10. The second-order valence-electron chi connectivity index (χ2n) is 3.97. The molecule has 2 aromatic rings. The molecular weight excluding hydrogens is 214 g/mol. The summed E-state index contributed by atoms with van der Waals surface area (Å²) in [6, 6.07) is 5.92. The molecule has 3 N–H and O–H groups in total. The van der Waals surface area contributed by atoms with Crippen LogP contribution in [-0.4, -0.2) is 21.5 Å². The van der Waals surface area contributed by atoms with E-state index in [2.05, 4.69) is 15.6 Å². The number of rotatable bonds is 5. The van der Waals surface area contributed by atoms with Gasteiger partial charge in [0.25, 0.3) is 0 Å². The van der Waals surface area contributed by atoms with Crippen molar-refractivity contribution in [1.82, 2.24) is 15.0 Å². The number of nitrogens with zero attached hydrogens (tertiary/aromatic N) is 3. The fourth-order valence-corrected chi connectivity index (χ4v) is 1.66. The van der Waals surface area contributed by atoms with Gasteiger partial charge in [-0.05, 0) is 31.0 Å². The summed E-state index contributed by atoms with van der Waals surface area (Å²) in [7, 11) is 0. The Kier molecular flexibility index (Phi) is 3.59. The number of hydrogen-bond acceptors (Lipinski definition) is 4. The molecule has 5 nitrogen and oxygen atoms in total. The summed E-state index contributed by atoms with van der Waals surface area (Å²) >= 11 is 0. The van der Waals surface area contributed by atoms with E-state index in [1.165, 1.54) is 0 Å². The molecule has 0 aliphatic heterocycles. The van der Waals surface area contributed by atoms with Gasteiger partial charge < -0.3 is 11.1 Å². The van der Waals surface area contributed by atoms with Crippen LogP contribution in [0, 0.1) is 6.92 Å². The lowest BCUT2D eigenvalue weighted by molar-refractivity contribution is 0.570. The van der Waals surface area contributed by atoms with Crippen LogP contribution in [0.3, 0.4) is 0 Å². The van der Waals surface area contributed by atoms with Crippen molar-refractivity contribution < 1.29 is 0 Å². The molecule has 1 aromatic carbocycles. The minimum atomic E-state index is 0.825. The smallest absolute Gasteiger partial charge is 0.0692 e. The molecule has 0 saturated carbocycles. The van der Waals surface area contributed by atoms with Crippen molar-refractivity contribution in [2.45, 2.75) is 19.9 Å². The Hall–Kier alpha value is -2.04. The fraction of sp³-hybridized carbons (Fsp3) is 0.333. The summed E-state index contributed by atoms with van der Waals surface area (Å²) in [5.41, 5.74) is 8.87. The van der Waals surface area contributed by atoms with E-state index in [0.717, 1.165) is 36.4 Å². The predicted octanol–water partition coefficient (Wildman–Crippen LogP) is 1.67. The molecule has 5 heteroatoms. The predicted molar refractivity (Wildman–Crippen MR) is 68.7 cm³/mol. The molecule has 0 fully saturated rings. The van der Waals surface area contributed by atoms with E-state index >= 15 is 0 Å². The van der Waals surface area contributed by atoms with E-state index < -0.39 is 0 Å². The van der Waals surface area contributed by atoms with Crippen molar-refractivity contribution in [3.63, 3.8) is 0 Å². The lowest BCUT2D eigenvalue weighted by Crippen LogP contribution is -2.08. The topological polar surface area (TPSA) is 68.8 Å². The van der Waals surface area contributed by atoms with Gasteiger partial charge in [-0.3, -0.25) is 4.68 Å². The zero-order chi connectivity index (χ0) is 12.1. The van der Waals surface area contributed by atoms with Crippen LogP contribution in [0.25, 0.3) is 0 Å². The largest absolute Gasteiger partial charge is 0.398 e. The molecular formula is C12H17N5. The van der Waals surface area contributed by atoms with E-state index in [-0.39, 0.29) is 0 Å². The first-order chi connectivity index (χ1) is 8.27. The lowest BCUT2D eigenvalue weighted by atomic mass is 10.1. The number of anilines is 2. The highest BCUT2D eigenvalue weighted by atomic mass is 15.4. The first kappa shape index (κ1) is 11.4. The summed E-state index contributed by atoms with van der Waals surface area (Å²) < 4.78 is 1.83. The van der Waals surface area contributed by atoms with Gasteiger partial charge in [-0.25, -0.2) is 0 Å². The van der Waals surface area contributed by atoms with Crippen LogP contribution in [0.2, 0.25) is 0 Å². The Morgan fingerprint density at radius 2 is 2.29 bits per heavy atom. The van der Waals surface area contributed by atoms with Crippen LogP contribution in [0.1, 0.15) is 12.0 Å². The van der Waals surface area contributed by atoms with Gasteiger partial charge in [0.05, 0.1) is 6.20 Å². The van der Waals surface area contributed by atoms with Crippen molar-refractivity contribution in [2.75, 3.05) is 17.6 Å². The van der Waals surface area contributed by atoms with Crippen molar-refractivity contribution in [3.05, 3.63) is 36.2 Å². The Morgan fingerprint density at radius 3 is 3.06 bits per heavy atom. The average Bonchev–Trinajstić information content (AvgIpc) is 2.83. The summed E-state index contributed by atoms with van der Waals surface area (Å²) in [4.78, 5) is 0. The van der Waals surface area contributed by atoms with E-state index in [9.17, 15) is 0 Å². The minimum Gasteiger partial charge on any atom is -0.398 e. The van der Waals surface area contributed by atoms with Crippen molar-refractivity contribution >= 4 is 11.4 Å². The van der Waals surface area contributed by atoms with Gasteiger partial charge in [0, 0.05) is 30.7 Å². The molecule has 0 atom stereocenters. The first-order valence-electron chi connectivity index (χ1n) is 5.70. The highest BCUT2D eigenvalue weighted by Crippen LogP contribution is 2.20. The van der Waals surface area contributed by atoms with Crippen LogP contribution in [0.4, 0.5) is 11.4 Å². The summed E-state index contributed by atoms with van der Waals surface area (Å²) in [6.07, 6.45) is 4.55. The van der Waals surface area contributed by atoms with Gasteiger partial charge in [-0.1, -0.05) is 11.3 Å². The molecule has 0 saturated heterocycles. The Morgan fingerprint density at radius 1 is 1.41 bits per heavy atom. The highest BCUT2D eigenvalue weighted by molar-refractivity contribution is 5.62. The molecule has 0 radical (unpaired) electrons. The third-order valence-electron chi connectivity index (χ3n) is 2.73. The maximum absolute atomic E-state index is 5.84. The van der Waals surface area contributed by atoms with Gasteiger partial charge in [0.15, 0.2) is 0 Å². The van der Waals surface area contributed by atoms with E-state index in [4.69, 9.17) is 5.73 Å². The van der Waals surface area contributed by atoms with E-state index in [1.807, 2.05) is 36.0 Å². The molecule has 0 amide bonds. The molecule has 0 unspecified atom stereocenters. The number of aryl methyl sites for hydroxylation is 1. The molecule has 0 spiro atoms. The highest BCUT2D eigenvalue weighted by Gasteiger charge is 2.00. The molecule has 1 heterocycles. The third kappa shape index (κ3) is 2.96. The van der Waals surface area contributed by atoms with Crippen LogP contribution in [-0.2, 0) is 6.54 Å². The van der Waals surface area contributed by atoms with Crippen LogP contribution in [0.15, 0.2) is 30.6 Å². The van der Waals surface area contributed by atoms with Gasteiger partial charge in [0.2, 0.25) is 0 Å². The monoisotopic (exact) mass is 231 g/mol. The number of nitrogen functional groups attached to an aromatic ring is 1. The second kappa shape index (κ2) is 5.34. The Bertz CT molecular complexity index is 464. The van der Waals surface area contributed by atoms with Crippen LogP contribution >= 0.6 is 0 Å². The summed E-state index contributed by atoms with van der Waals surface area (Å²) in [5, 5.41) is 11.0.